The maximum Gasteiger partial charge on any atom is 0.240 e. The molecule has 0 radical (unpaired) electrons. The van der Waals surface area contributed by atoms with Gasteiger partial charge in [-0.3, -0.25) is 4.90 Å². The van der Waals surface area contributed by atoms with Crippen molar-refractivity contribution in [2.75, 3.05) is 39.3 Å². The average Bonchev–Trinajstić information content (AvgIpc) is 2.43. The molecular formula is C13H21BrCl2FN3O2S. The molecule has 2 N–H and O–H groups in total. The summed E-state index contributed by atoms with van der Waals surface area (Å²) in [5.41, 5.74) is 0.394. The second-order valence-corrected chi connectivity index (χ2v) is 7.61. The molecule has 1 aliphatic heterocycles. The third-order valence-corrected chi connectivity index (χ3v) is 5.65. The summed E-state index contributed by atoms with van der Waals surface area (Å²) < 4.78 is 40.6. The van der Waals surface area contributed by atoms with Gasteiger partial charge in [-0.1, -0.05) is 0 Å². The van der Waals surface area contributed by atoms with Gasteiger partial charge in [0.2, 0.25) is 10.0 Å². The van der Waals surface area contributed by atoms with Crippen LogP contribution in [0.4, 0.5) is 4.39 Å². The van der Waals surface area contributed by atoms with E-state index < -0.39 is 15.8 Å². The van der Waals surface area contributed by atoms with E-state index in [1.807, 2.05) is 0 Å². The maximum absolute atomic E-state index is 13.4. The van der Waals surface area contributed by atoms with E-state index in [4.69, 9.17) is 0 Å². The summed E-state index contributed by atoms with van der Waals surface area (Å²) in [4.78, 5) is 2.31. The molecular weight excluding hydrogens is 432 g/mol. The highest BCUT2D eigenvalue weighted by Crippen LogP contribution is 2.23. The van der Waals surface area contributed by atoms with Gasteiger partial charge in [-0.2, -0.15) is 0 Å². The van der Waals surface area contributed by atoms with Gasteiger partial charge in [-0.05, 0) is 40.5 Å². The molecule has 1 aromatic carbocycles. The van der Waals surface area contributed by atoms with Crippen LogP contribution in [0.15, 0.2) is 21.5 Å². The number of benzene rings is 1. The Balaban J connectivity index is 0.00000242. The Kier molecular flexibility index (Phi) is 10.1. The van der Waals surface area contributed by atoms with Crippen LogP contribution >= 0.6 is 40.7 Å². The number of sulfonamides is 1. The fourth-order valence-corrected chi connectivity index (χ4v) is 4.03. The molecule has 0 unspecified atom stereocenters. The van der Waals surface area contributed by atoms with E-state index in [-0.39, 0.29) is 34.2 Å². The Morgan fingerprint density at radius 1 is 1.30 bits per heavy atom. The number of nitrogens with zero attached hydrogens (tertiary/aromatic N) is 1. The van der Waals surface area contributed by atoms with Crippen LogP contribution in [-0.4, -0.2) is 52.6 Å². The smallest absolute Gasteiger partial charge is 0.240 e. The lowest BCUT2D eigenvalue weighted by Crippen LogP contribution is -2.46. The molecule has 1 heterocycles. The van der Waals surface area contributed by atoms with Crippen LogP contribution in [0.2, 0.25) is 0 Å². The summed E-state index contributed by atoms with van der Waals surface area (Å²) in [5.74, 6) is -0.465. The van der Waals surface area contributed by atoms with Crippen molar-refractivity contribution >= 4 is 50.8 Å². The minimum Gasteiger partial charge on any atom is -0.314 e. The lowest BCUT2D eigenvalue weighted by atomic mass is 10.2. The van der Waals surface area contributed by atoms with Crippen molar-refractivity contribution in [3.05, 3.63) is 28.0 Å². The minimum absolute atomic E-state index is 0. The first-order chi connectivity index (χ1) is 9.90. The van der Waals surface area contributed by atoms with Gasteiger partial charge in [-0.15, -0.1) is 24.8 Å². The lowest BCUT2D eigenvalue weighted by molar-refractivity contribution is 0.245. The van der Waals surface area contributed by atoms with Gasteiger partial charge in [0.25, 0.3) is 0 Å². The van der Waals surface area contributed by atoms with Crippen LogP contribution in [0, 0.1) is 12.7 Å². The van der Waals surface area contributed by atoms with Crippen LogP contribution in [0.3, 0.4) is 0 Å². The average molecular weight is 453 g/mol. The number of nitrogens with one attached hydrogen (secondary N) is 2. The van der Waals surface area contributed by atoms with E-state index >= 15 is 0 Å². The number of halogens is 4. The van der Waals surface area contributed by atoms with Crippen molar-refractivity contribution in [1.29, 1.82) is 0 Å². The normalized spacial score (nSPS) is 15.6. The molecule has 23 heavy (non-hydrogen) atoms. The van der Waals surface area contributed by atoms with Crippen LogP contribution < -0.4 is 10.0 Å². The third-order valence-electron chi connectivity index (χ3n) is 3.44. The van der Waals surface area contributed by atoms with E-state index in [9.17, 15) is 12.8 Å². The molecule has 10 heteroatoms. The minimum atomic E-state index is -3.62. The first-order valence-corrected chi connectivity index (χ1v) is 9.06. The molecule has 0 aromatic heterocycles. The van der Waals surface area contributed by atoms with Crippen LogP contribution in [0.1, 0.15) is 5.56 Å². The van der Waals surface area contributed by atoms with Gasteiger partial charge in [0.15, 0.2) is 0 Å². The maximum atomic E-state index is 13.4. The molecule has 0 saturated carbocycles. The van der Waals surface area contributed by atoms with Gasteiger partial charge in [-0.25, -0.2) is 17.5 Å². The zero-order valence-corrected chi connectivity index (χ0v) is 16.7. The van der Waals surface area contributed by atoms with Gasteiger partial charge in [0.1, 0.15) is 5.82 Å². The Morgan fingerprint density at radius 3 is 2.52 bits per heavy atom. The highest BCUT2D eigenvalue weighted by atomic mass is 79.9. The van der Waals surface area contributed by atoms with Crippen molar-refractivity contribution in [3.63, 3.8) is 0 Å². The standard InChI is InChI=1S/C13H19BrFN3O2S.2ClH/c1-10-8-12(15)11(14)9-13(10)21(19,20)17-4-7-18-5-2-16-3-6-18;;/h8-9,16-17H,2-7H2,1H3;2*1H. The number of rotatable bonds is 5. The largest absolute Gasteiger partial charge is 0.314 e. The first kappa shape index (κ1) is 23.0. The Labute approximate surface area is 157 Å². The fraction of sp³-hybridized carbons (Fsp3) is 0.538. The Morgan fingerprint density at radius 2 is 1.91 bits per heavy atom. The van der Waals surface area contributed by atoms with Crippen molar-refractivity contribution in [1.82, 2.24) is 14.9 Å². The molecule has 134 valence electrons. The summed E-state index contributed by atoms with van der Waals surface area (Å²) in [6, 6.07) is 2.52. The molecule has 1 aromatic rings. The van der Waals surface area contributed by atoms with E-state index in [2.05, 4.69) is 30.9 Å². The first-order valence-electron chi connectivity index (χ1n) is 6.78. The summed E-state index contributed by atoms with van der Waals surface area (Å²) in [7, 11) is -3.62. The molecule has 0 atom stereocenters. The van der Waals surface area contributed by atoms with Crippen molar-refractivity contribution in [2.45, 2.75) is 11.8 Å². The highest BCUT2D eigenvalue weighted by Gasteiger charge is 2.19. The van der Waals surface area contributed by atoms with Crippen LogP contribution in [0.5, 0.6) is 0 Å². The molecule has 0 aliphatic carbocycles. The van der Waals surface area contributed by atoms with Crippen molar-refractivity contribution in [2.24, 2.45) is 0 Å². The molecule has 1 saturated heterocycles. The van der Waals surface area contributed by atoms with E-state index in [0.29, 0.717) is 18.7 Å². The molecule has 1 fully saturated rings. The molecule has 5 nitrogen and oxygen atoms in total. The third kappa shape index (κ3) is 6.45. The summed E-state index contributed by atoms with van der Waals surface area (Å²) >= 11 is 3.02. The monoisotopic (exact) mass is 451 g/mol. The molecule has 0 bridgehead atoms. The number of hydrogen-bond donors (Lipinski definition) is 2. The second kappa shape index (κ2) is 10.1. The second-order valence-electron chi connectivity index (χ2n) is 5.02. The quantitative estimate of drug-likeness (QED) is 0.716. The molecule has 0 amide bonds. The van der Waals surface area contributed by atoms with Crippen LogP contribution in [-0.2, 0) is 10.0 Å². The van der Waals surface area contributed by atoms with Gasteiger partial charge < -0.3 is 5.32 Å². The fourth-order valence-electron chi connectivity index (χ4n) is 2.27. The van der Waals surface area contributed by atoms with Crippen LogP contribution in [0.25, 0.3) is 0 Å². The summed E-state index contributed by atoms with van der Waals surface area (Å²) in [5, 5.41) is 3.25. The molecule has 1 aliphatic rings. The zero-order valence-electron chi connectivity index (χ0n) is 12.6. The number of piperazine rings is 1. The highest BCUT2D eigenvalue weighted by molar-refractivity contribution is 9.10. The van der Waals surface area contributed by atoms with E-state index in [1.54, 1.807) is 6.92 Å². The number of aryl methyl sites for hydroxylation is 1. The lowest BCUT2D eigenvalue weighted by Gasteiger charge is -2.27. The molecule has 2 rings (SSSR count). The predicted octanol–water partition coefficient (Wildman–Crippen LogP) is 1.92. The topological polar surface area (TPSA) is 61.4 Å². The predicted molar refractivity (Wildman–Crippen MR) is 97.8 cm³/mol. The summed E-state index contributed by atoms with van der Waals surface area (Å²) in [6.45, 7) is 6.29. The van der Waals surface area contributed by atoms with Gasteiger partial charge >= 0.3 is 0 Å². The van der Waals surface area contributed by atoms with Gasteiger partial charge in [0.05, 0.1) is 9.37 Å². The van der Waals surface area contributed by atoms with Crippen molar-refractivity contribution < 1.29 is 12.8 Å². The van der Waals surface area contributed by atoms with E-state index in [0.717, 1.165) is 26.2 Å². The summed E-state index contributed by atoms with van der Waals surface area (Å²) in [6.07, 6.45) is 0. The van der Waals surface area contributed by atoms with E-state index in [1.165, 1.54) is 12.1 Å². The number of hydrogen-bond acceptors (Lipinski definition) is 4. The SMILES string of the molecule is Cc1cc(F)c(Br)cc1S(=O)(=O)NCCN1CCNCC1.Cl.Cl. The Hall–Kier alpha value is 0.0400. The Bertz CT molecular complexity index is 613. The molecule has 0 spiro atoms. The van der Waals surface area contributed by atoms with Crippen molar-refractivity contribution in [3.8, 4) is 0 Å². The van der Waals surface area contributed by atoms with Gasteiger partial charge in [0, 0.05) is 39.3 Å². The zero-order chi connectivity index (χ0) is 15.5.